The molecule has 152 valence electrons. The zero-order valence-corrected chi connectivity index (χ0v) is 17.2. The lowest BCUT2D eigenvalue weighted by atomic mass is 10.2. The zero-order chi connectivity index (χ0) is 20.3. The van der Waals surface area contributed by atoms with Crippen molar-refractivity contribution >= 4 is 40.4 Å². The Morgan fingerprint density at radius 2 is 2.10 bits per heavy atom. The van der Waals surface area contributed by atoms with E-state index in [9.17, 15) is 4.79 Å². The van der Waals surface area contributed by atoms with Gasteiger partial charge in [-0.2, -0.15) is 4.98 Å². The minimum Gasteiger partial charge on any atom is -0.343 e. The molecule has 0 radical (unpaired) electrons. The van der Waals surface area contributed by atoms with Crippen LogP contribution in [0.25, 0.3) is 34.6 Å². The molecule has 0 unspecified atom stereocenters. The van der Waals surface area contributed by atoms with Gasteiger partial charge in [-0.1, -0.05) is 11.2 Å². The lowest BCUT2D eigenvalue weighted by Gasteiger charge is -2.15. The number of likely N-dealkylation sites (tertiary alicyclic amines) is 1. The number of rotatable bonds is 6. The lowest BCUT2D eigenvalue weighted by Crippen LogP contribution is -2.28. The van der Waals surface area contributed by atoms with Crippen molar-refractivity contribution in [2.45, 2.75) is 25.8 Å². The Bertz CT molecular complexity index is 1190. The summed E-state index contributed by atoms with van der Waals surface area (Å²) in [6.45, 7) is 2.41. The highest BCUT2D eigenvalue weighted by molar-refractivity contribution is 7.10. The van der Waals surface area contributed by atoms with Crippen molar-refractivity contribution < 1.29 is 9.32 Å². The van der Waals surface area contributed by atoms with Gasteiger partial charge >= 0.3 is 0 Å². The molecule has 0 saturated carbocycles. The van der Waals surface area contributed by atoms with Gasteiger partial charge in [0.15, 0.2) is 0 Å². The van der Waals surface area contributed by atoms with Crippen molar-refractivity contribution in [1.29, 1.82) is 0 Å². The molecule has 5 rings (SSSR count). The summed E-state index contributed by atoms with van der Waals surface area (Å²) >= 11 is 1.65. The molecule has 1 aliphatic heterocycles. The highest BCUT2D eigenvalue weighted by atomic mass is 32.1. The van der Waals surface area contributed by atoms with Crippen LogP contribution in [-0.2, 0) is 11.3 Å². The van der Waals surface area contributed by atoms with E-state index in [-0.39, 0.29) is 5.91 Å². The van der Waals surface area contributed by atoms with Crippen LogP contribution in [0.4, 0.5) is 0 Å². The van der Waals surface area contributed by atoms with E-state index in [2.05, 4.69) is 15.1 Å². The van der Waals surface area contributed by atoms with Crippen LogP contribution < -0.4 is 0 Å². The number of benzene rings is 1. The molecule has 0 atom stereocenters. The second-order valence-corrected chi connectivity index (χ2v) is 8.26. The molecule has 8 heteroatoms. The van der Waals surface area contributed by atoms with Crippen molar-refractivity contribution in [1.82, 2.24) is 24.6 Å². The van der Waals surface area contributed by atoms with Crippen LogP contribution in [0.5, 0.6) is 0 Å². The van der Waals surface area contributed by atoms with Crippen molar-refractivity contribution in [2.24, 2.45) is 0 Å². The normalized spacial score (nSPS) is 14.3. The molecule has 0 aliphatic carbocycles. The van der Waals surface area contributed by atoms with E-state index in [1.54, 1.807) is 17.7 Å². The Balaban J connectivity index is 1.29. The first kappa shape index (κ1) is 18.7. The third-order valence-electron chi connectivity index (χ3n) is 5.28. The standard InChI is InChI=1S/C22H21N5O2S/c28-21(26-10-1-2-11-26)9-12-27-15-23-18-14-16(5-7-19(18)27)22-24-20(29-25-22)8-6-17-4-3-13-30-17/h3-8,13-15H,1-2,9-12H2. The molecule has 1 aromatic carbocycles. The minimum atomic E-state index is 0.223. The predicted octanol–water partition coefficient (Wildman–Crippen LogP) is 4.33. The molecule has 0 bridgehead atoms. The number of thiophene rings is 1. The van der Waals surface area contributed by atoms with Crippen molar-refractivity contribution in [3.8, 4) is 11.4 Å². The van der Waals surface area contributed by atoms with Gasteiger partial charge < -0.3 is 14.0 Å². The number of hydrogen-bond donors (Lipinski definition) is 0. The number of carbonyl (C=O) groups is 1. The van der Waals surface area contributed by atoms with Crippen molar-refractivity contribution in [3.05, 3.63) is 52.8 Å². The van der Waals surface area contributed by atoms with E-state index in [0.717, 1.165) is 47.4 Å². The van der Waals surface area contributed by atoms with E-state index in [0.29, 0.717) is 24.7 Å². The number of aromatic nitrogens is 4. The van der Waals surface area contributed by atoms with Gasteiger partial charge in [-0.05, 0) is 48.6 Å². The summed E-state index contributed by atoms with van der Waals surface area (Å²) < 4.78 is 7.36. The molecule has 3 aromatic heterocycles. The van der Waals surface area contributed by atoms with Gasteiger partial charge in [-0.3, -0.25) is 4.79 Å². The highest BCUT2D eigenvalue weighted by Gasteiger charge is 2.18. The first-order valence-electron chi connectivity index (χ1n) is 10.0. The van der Waals surface area contributed by atoms with Gasteiger partial charge in [0.2, 0.25) is 11.7 Å². The Hall–Kier alpha value is -3.26. The Morgan fingerprint density at radius 3 is 2.93 bits per heavy atom. The Kier molecular flexibility index (Phi) is 5.15. The van der Waals surface area contributed by atoms with Crippen molar-refractivity contribution in [2.75, 3.05) is 13.1 Å². The van der Waals surface area contributed by atoms with Crippen molar-refractivity contribution in [3.63, 3.8) is 0 Å². The molecule has 0 spiro atoms. The maximum atomic E-state index is 12.3. The summed E-state index contributed by atoms with van der Waals surface area (Å²) in [5.41, 5.74) is 2.69. The topological polar surface area (TPSA) is 77.0 Å². The van der Waals surface area contributed by atoms with E-state index >= 15 is 0 Å². The molecule has 7 nitrogen and oxygen atoms in total. The summed E-state index contributed by atoms with van der Waals surface area (Å²) in [6.07, 6.45) is 8.28. The number of aryl methyl sites for hydroxylation is 1. The predicted molar refractivity (Wildman–Crippen MR) is 117 cm³/mol. The molecule has 4 heterocycles. The summed E-state index contributed by atoms with van der Waals surface area (Å²) in [6, 6.07) is 9.93. The molecule has 0 N–H and O–H groups in total. The first-order valence-corrected chi connectivity index (χ1v) is 10.9. The van der Waals surface area contributed by atoms with E-state index in [1.807, 2.05) is 57.3 Å². The average molecular weight is 420 g/mol. The maximum Gasteiger partial charge on any atom is 0.250 e. The van der Waals surface area contributed by atoms with Crippen LogP contribution in [0.1, 0.15) is 30.0 Å². The summed E-state index contributed by atoms with van der Waals surface area (Å²) in [5, 5.41) is 6.11. The van der Waals surface area contributed by atoms with Gasteiger partial charge in [0.1, 0.15) is 0 Å². The van der Waals surface area contributed by atoms with E-state index < -0.39 is 0 Å². The van der Waals surface area contributed by atoms with E-state index in [1.165, 1.54) is 0 Å². The maximum absolute atomic E-state index is 12.3. The second kappa shape index (κ2) is 8.23. The van der Waals surface area contributed by atoms with Crippen LogP contribution in [0.3, 0.4) is 0 Å². The highest BCUT2D eigenvalue weighted by Crippen LogP contribution is 2.23. The first-order chi connectivity index (χ1) is 14.8. The lowest BCUT2D eigenvalue weighted by molar-refractivity contribution is -0.130. The van der Waals surface area contributed by atoms with Gasteiger partial charge in [0.25, 0.3) is 5.89 Å². The molecule has 1 amide bonds. The SMILES string of the molecule is O=C(CCn1cnc2cc(-c3noc(C=Cc4cccs4)n3)ccc21)N1CCCC1. The molecular formula is C22H21N5O2S. The third-order valence-corrected chi connectivity index (χ3v) is 6.12. The van der Waals surface area contributed by atoms with Crippen LogP contribution in [0, 0.1) is 0 Å². The van der Waals surface area contributed by atoms with Gasteiger partial charge in [0.05, 0.1) is 17.4 Å². The van der Waals surface area contributed by atoms with Gasteiger partial charge in [0, 0.05) is 42.6 Å². The van der Waals surface area contributed by atoms with Crippen LogP contribution in [0.2, 0.25) is 0 Å². The fourth-order valence-electron chi connectivity index (χ4n) is 3.68. The second-order valence-electron chi connectivity index (χ2n) is 7.28. The fraction of sp³-hybridized carbons (Fsp3) is 0.273. The molecule has 1 aliphatic rings. The monoisotopic (exact) mass is 419 g/mol. The van der Waals surface area contributed by atoms with Gasteiger partial charge in [-0.15, -0.1) is 11.3 Å². The molecular weight excluding hydrogens is 398 g/mol. The van der Waals surface area contributed by atoms with Gasteiger partial charge in [-0.25, -0.2) is 4.98 Å². The smallest absolute Gasteiger partial charge is 0.250 e. The van der Waals surface area contributed by atoms with Crippen LogP contribution >= 0.6 is 11.3 Å². The average Bonchev–Trinajstić information content (AvgIpc) is 3.56. The fourth-order valence-corrected chi connectivity index (χ4v) is 4.30. The Morgan fingerprint density at radius 1 is 1.20 bits per heavy atom. The summed E-state index contributed by atoms with van der Waals surface area (Å²) in [4.78, 5) is 24.3. The molecule has 1 saturated heterocycles. The number of carbonyl (C=O) groups excluding carboxylic acids is 1. The van der Waals surface area contributed by atoms with Crippen LogP contribution in [0.15, 0.2) is 46.6 Å². The number of nitrogens with zero attached hydrogens (tertiary/aromatic N) is 5. The molecule has 30 heavy (non-hydrogen) atoms. The largest absolute Gasteiger partial charge is 0.343 e. The minimum absolute atomic E-state index is 0.223. The quantitative estimate of drug-likeness (QED) is 0.465. The van der Waals surface area contributed by atoms with E-state index in [4.69, 9.17) is 4.52 Å². The molecule has 1 fully saturated rings. The Labute approximate surface area is 177 Å². The number of hydrogen-bond acceptors (Lipinski definition) is 6. The number of imidazole rings is 1. The van der Waals surface area contributed by atoms with Crippen LogP contribution in [-0.4, -0.2) is 43.6 Å². The number of fused-ring (bicyclic) bond motifs is 1. The third kappa shape index (κ3) is 3.91. The summed E-state index contributed by atoms with van der Waals surface area (Å²) in [5.74, 6) is 1.21. The number of amides is 1. The molecule has 4 aromatic rings. The zero-order valence-electron chi connectivity index (χ0n) is 16.4. The summed E-state index contributed by atoms with van der Waals surface area (Å²) in [7, 11) is 0.